The number of fused-ring (bicyclic) bond motifs is 7. The zero-order valence-electron chi connectivity index (χ0n) is 26.5. The van der Waals surface area contributed by atoms with Crippen molar-refractivity contribution < 1.29 is 0 Å². The van der Waals surface area contributed by atoms with Gasteiger partial charge in [-0.3, -0.25) is 0 Å². The summed E-state index contributed by atoms with van der Waals surface area (Å²) in [6, 6.07) is 64.5. The van der Waals surface area contributed by atoms with Gasteiger partial charge in [0.25, 0.3) is 0 Å². The van der Waals surface area contributed by atoms with E-state index in [1.807, 2.05) is 22.7 Å². The van der Waals surface area contributed by atoms with Crippen LogP contribution in [0.5, 0.6) is 0 Å². The monoisotopic (exact) mass is 659 g/mol. The zero-order chi connectivity index (χ0) is 32.3. The number of nitrogens with zero attached hydrogens (tertiary/aromatic N) is 1. The van der Waals surface area contributed by atoms with Crippen molar-refractivity contribution in [2.75, 3.05) is 4.90 Å². The Kier molecular flexibility index (Phi) is 6.61. The lowest BCUT2D eigenvalue weighted by atomic mass is 9.94. The highest BCUT2D eigenvalue weighted by Crippen LogP contribution is 2.46. The molecule has 0 amide bonds. The maximum absolute atomic E-state index is 2.45. The second-order valence-electron chi connectivity index (χ2n) is 12.5. The van der Waals surface area contributed by atoms with Crippen LogP contribution in [0.4, 0.5) is 17.1 Å². The van der Waals surface area contributed by atoms with Gasteiger partial charge in [-0.15, -0.1) is 22.7 Å². The molecule has 3 heteroatoms. The van der Waals surface area contributed by atoms with Crippen LogP contribution >= 0.6 is 22.7 Å². The van der Waals surface area contributed by atoms with E-state index in [0.717, 1.165) is 17.1 Å². The molecule has 49 heavy (non-hydrogen) atoms. The molecule has 0 bridgehead atoms. The minimum atomic E-state index is 1.15. The van der Waals surface area contributed by atoms with Crippen molar-refractivity contribution in [2.45, 2.75) is 0 Å². The quantitative estimate of drug-likeness (QED) is 0.178. The molecule has 0 atom stereocenters. The minimum Gasteiger partial charge on any atom is -0.310 e. The van der Waals surface area contributed by atoms with E-state index in [0.29, 0.717) is 0 Å². The van der Waals surface area contributed by atoms with Gasteiger partial charge < -0.3 is 4.90 Å². The summed E-state index contributed by atoms with van der Waals surface area (Å²) < 4.78 is 5.23. The van der Waals surface area contributed by atoms with E-state index in [4.69, 9.17) is 0 Å². The van der Waals surface area contributed by atoms with E-state index in [1.54, 1.807) is 0 Å². The molecule has 0 radical (unpaired) electrons. The number of anilines is 3. The Balaban J connectivity index is 1.19. The first kappa shape index (κ1) is 28.3. The number of rotatable bonds is 5. The first-order valence-electron chi connectivity index (χ1n) is 16.6. The van der Waals surface area contributed by atoms with Gasteiger partial charge in [0.05, 0.1) is 5.69 Å². The van der Waals surface area contributed by atoms with Crippen molar-refractivity contribution in [3.8, 4) is 22.3 Å². The summed E-state index contributed by atoms with van der Waals surface area (Å²) >= 11 is 3.73. The Labute approximate surface area is 292 Å². The molecular weight excluding hydrogens is 631 g/mol. The van der Waals surface area contributed by atoms with Crippen LogP contribution < -0.4 is 4.90 Å². The fourth-order valence-corrected chi connectivity index (χ4v) is 9.60. The predicted molar refractivity (Wildman–Crippen MR) is 215 cm³/mol. The van der Waals surface area contributed by atoms with E-state index in [-0.39, 0.29) is 0 Å². The average molecular weight is 660 g/mol. The van der Waals surface area contributed by atoms with Gasteiger partial charge in [-0.1, -0.05) is 121 Å². The number of hydrogen-bond acceptors (Lipinski definition) is 3. The third-order valence-electron chi connectivity index (χ3n) is 9.66. The van der Waals surface area contributed by atoms with Crippen LogP contribution in [0, 0.1) is 0 Å². The lowest BCUT2D eigenvalue weighted by Gasteiger charge is -2.28. The van der Waals surface area contributed by atoms with Gasteiger partial charge in [0, 0.05) is 57.3 Å². The summed E-state index contributed by atoms with van der Waals surface area (Å²) in [5, 5.41) is 7.74. The van der Waals surface area contributed by atoms with Gasteiger partial charge in [-0.05, 0) is 82.1 Å². The van der Waals surface area contributed by atoms with Crippen molar-refractivity contribution in [3.05, 3.63) is 176 Å². The summed E-state index contributed by atoms with van der Waals surface area (Å²) in [5.74, 6) is 0. The third-order valence-corrected chi connectivity index (χ3v) is 11.9. The zero-order valence-corrected chi connectivity index (χ0v) is 28.1. The summed E-state index contributed by atoms with van der Waals surface area (Å²) in [6.45, 7) is 0. The fraction of sp³-hybridized carbons (Fsp3) is 0. The first-order valence-corrected chi connectivity index (χ1v) is 18.2. The minimum absolute atomic E-state index is 1.15. The summed E-state index contributed by atoms with van der Waals surface area (Å²) in [6.07, 6.45) is 0. The van der Waals surface area contributed by atoms with Crippen LogP contribution in [-0.2, 0) is 0 Å². The summed E-state index contributed by atoms with van der Waals surface area (Å²) in [7, 11) is 0. The standard InChI is InChI=1S/C46H29NS2/c1-2-15-35-30(11-1)12-10-19-36(35)31-13-9-14-32(27-31)37-16-3-6-20-42(37)47(33-24-26-45-41(28-33)39-18-5-8-22-44(39)48-45)34-23-25-40-38-17-4-7-21-43(38)49-46(40)29-34/h1-29H. The molecule has 8 aromatic carbocycles. The highest BCUT2D eigenvalue weighted by molar-refractivity contribution is 7.26. The lowest BCUT2D eigenvalue weighted by Crippen LogP contribution is -2.11. The molecule has 230 valence electrons. The molecule has 0 aliphatic heterocycles. The summed E-state index contributed by atoms with van der Waals surface area (Å²) in [5.41, 5.74) is 8.29. The maximum Gasteiger partial charge on any atom is 0.0540 e. The largest absolute Gasteiger partial charge is 0.310 e. The molecule has 0 saturated carbocycles. The normalized spacial score (nSPS) is 11.7. The molecule has 0 unspecified atom stereocenters. The summed E-state index contributed by atoms with van der Waals surface area (Å²) in [4.78, 5) is 2.45. The predicted octanol–water partition coefficient (Wildman–Crippen LogP) is 14.4. The second-order valence-corrected chi connectivity index (χ2v) is 14.7. The third kappa shape index (κ3) is 4.74. The Morgan fingerprint density at radius 1 is 0.327 bits per heavy atom. The van der Waals surface area contributed by atoms with Crippen LogP contribution in [-0.4, -0.2) is 0 Å². The SMILES string of the molecule is c1cc(-c2ccccc2N(c2ccc3c(c2)sc2ccccc23)c2ccc3sc4ccccc4c3c2)cc(-c2cccc3ccccc23)c1. The molecule has 0 N–H and O–H groups in total. The number of benzene rings is 8. The van der Waals surface area contributed by atoms with E-state index >= 15 is 0 Å². The number of para-hydroxylation sites is 1. The van der Waals surface area contributed by atoms with E-state index in [2.05, 4.69) is 181 Å². The molecule has 0 aliphatic rings. The molecule has 10 rings (SSSR count). The van der Waals surface area contributed by atoms with Gasteiger partial charge in [-0.2, -0.15) is 0 Å². The average Bonchev–Trinajstić information content (AvgIpc) is 3.73. The Hall–Kier alpha value is -5.74. The number of hydrogen-bond donors (Lipinski definition) is 0. The van der Waals surface area contributed by atoms with Gasteiger partial charge in [0.1, 0.15) is 0 Å². The maximum atomic E-state index is 2.45. The van der Waals surface area contributed by atoms with Gasteiger partial charge in [0.2, 0.25) is 0 Å². The molecule has 0 fully saturated rings. The highest BCUT2D eigenvalue weighted by atomic mass is 32.1. The molecule has 0 spiro atoms. The topological polar surface area (TPSA) is 3.24 Å². The smallest absolute Gasteiger partial charge is 0.0540 e. The van der Waals surface area contributed by atoms with Gasteiger partial charge >= 0.3 is 0 Å². The van der Waals surface area contributed by atoms with Crippen LogP contribution in [0.1, 0.15) is 0 Å². The lowest BCUT2D eigenvalue weighted by molar-refractivity contribution is 1.30. The van der Waals surface area contributed by atoms with Crippen molar-refractivity contribution in [2.24, 2.45) is 0 Å². The van der Waals surface area contributed by atoms with Gasteiger partial charge in [0.15, 0.2) is 0 Å². The highest BCUT2D eigenvalue weighted by Gasteiger charge is 2.20. The first-order chi connectivity index (χ1) is 24.3. The fourth-order valence-electron chi connectivity index (χ4n) is 7.38. The molecule has 0 saturated heterocycles. The Bertz CT molecular complexity index is 2850. The van der Waals surface area contributed by atoms with Crippen LogP contribution in [0.3, 0.4) is 0 Å². The van der Waals surface area contributed by atoms with E-state index < -0.39 is 0 Å². The molecular formula is C46H29NS2. The van der Waals surface area contributed by atoms with Crippen LogP contribution in [0.25, 0.3) is 73.4 Å². The number of thiophene rings is 2. The van der Waals surface area contributed by atoms with Crippen molar-refractivity contribution in [1.29, 1.82) is 0 Å². The van der Waals surface area contributed by atoms with Gasteiger partial charge in [-0.25, -0.2) is 0 Å². The van der Waals surface area contributed by atoms with E-state index in [1.165, 1.54) is 73.4 Å². The Morgan fingerprint density at radius 3 is 1.73 bits per heavy atom. The van der Waals surface area contributed by atoms with Crippen LogP contribution in [0.15, 0.2) is 176 Å². The second kappa shape index (κ2) is 11.5. The molecule has 0 aliphatic carbocycles. The molecule has 2 aromatic heterocycles. The van der Waals surface area contributed by atoms with Crippen molar-refractivity contribution in [3.63, 3.8) is 0 Å². The van der Waals surface area contributed by atoms with Crippen LogP contribution in [0.2, 0.25) is 0 Å². The van der Waals surface area contributed by atoms with E-state index in [9.17, 15) is 0 Å². The molecule has 2 heterocycles. The van der Waals surface area contributed by atoms with Crippen molar-refractivity contribution >= 4 is 90.9 Å². The van der Waals surface area contributed by atoms with Crippen molar-refractivity contribution in [1.82, 2.24) is 0 Å². The molecule has 1 nitrogen and oxygen atoms in total. The molecule has 10 aromatic rings. The Morgan fingerprint density at radius 2 is 0.878 bits per heavy atom.